The SMILES string of the molecule is COc1cc([C@H]2CC(=O)c3cn4nc(C)nc4nc3C2)cc(OC)c1OC. The van der Waals surface area contributed by atoms with Gasteiger partial charge in [0, 0.05) is 12.6 Å². The zero-order valence-electron chi connectivity index (χ0n) is 15.6. The predicted molar refractivity (Wildman–Crippen MR) is 97.0 cm³/mol. The minimum Gasteiger partial charge on any atom is -0.493 e. The number of aryl methyl sites for hydroxylation is 1. The third-order valence-electron chi connectivity index (χ3n) is 4.85. The van der Waals surface area contributed by atoms with Crippen molar-refractivity contribution < 1.29 is 19.0 Å². The summed E-state index contributed by atoms with van der Waals surface area (Å²) in [5, 5.41) is 4.24. The number of ketones is 1. The van der Waals surface area contributed by atoms with Crippen LogP contribution in [0.15, 0.2) is 18.3 Å². The van der Waals surface area contributed by atoms with Crippen LogP contribution in [0.2, 0.25) is 0 Å². The Kier molecular flexibility index (Phi) is 4.18. The fourth-order valence-electron chi connectivity index (χ4n) is 3.56. The highest BCUT2D eigenvalue weighted by atomic mass is 16.5. The van der Waals surface area contributed by atoms with E-state index in [4.69, 9.17) is 14.2 Å². The van der Waals surface area contributed by atoms with Gasteiger partial charge in [0.05, 0.1) is 32.6 Å². The number of carbonyl (C=O) groups is 1. The van der Waals surface area contributed by atoms with E-state index in [-0.39, 0.29) is 11.7 Å². The summed E-state index contributed by atoms with van der Waals surface area (Å²) < 4.78 is 17.8. The molecule has 0 bridgehead atoms. The number of nitrogens with zero attached hydrogens (tertiary/aromatic N) is 4. The maximum Gasteiger partial charge on any atom is 0.252 e. The molecule has 27 heavy (non-hydrogen) atoms. The molecule has 1 aliphatic carbocycles. The summed E-state index contributed by atoms with van der Waals surface area (Å²) >= 11 is 0. The molecule has 4 rings (SSSR count). The molecule has 0 aliphatic heterocycles. The smallest absolute Gasteiger partial charge is 0.252 e. The van der Waals surface area contributed by atoms with Crippen molar-refractivity contribution >= 4 is 11.6 Å². The van der Waals surface area contributed by atoms with Gasteiger partial charge in [0.15, 0.2) is 17.3 Å². The number of carbonyl (C=O) groups excluding carboxylic acids is 1. The van der Waals surface area contributed by atoms with E-state index in [1.54, 1.807) is 39.0 Å². The van der Waals surface area contributed by atoms with Crippen LogP contribution in [-0.2, 0) is 6.42 Å². The Morgan fingerprint density at radius 3 is 2.37 bits per heavy atom. The molecule has 8 heteroatoms. The third-order valence-corrected chi connectivity index (χ3v) is 4.85. The first-order chi connectivity index (χ1) is 13.0. The Balaban J connectivity index is 1.76. The van der Waals surface area contributed by atoms with Crippen molar-refractivity contribution in [2.75, 3.05) is 21.3 Å². The monoisotopic (exact) mass is 368 g/mol. The molecule has 0 amide bonds. The van der Waals surface area contributed by atoms with E-state index in [0.717, 1.165) is 11.3 Å². The summed E-state index contributed by atoms with van der Waals surface area (Å²) in [6.07, 6.45) is 2.74. The van der Waals surface area contributed by atoms with Gasteiger partial charge in [-0.1, -0.05) is 0 Å². The Morgan fingerprint density at radius 2 is 1.74 bits per heavy atom. The van der Waals surface area contributed by atoms with E-state index in [1.165, 1.54) is 0 Å². The highest BCUT2D eigenvalue weighted by Gasteiger charge is 2.30. The lowest BCUT2D eigenvalue weighted by atomic mass is 9.82. The summed E-state index contributed by atoms with van der Waals surface area (Å²) in [4.78, 5) is 21.6. The molecule has 1 atom stereocenters. The zero-order valence-corrected chi connectivity index (χ0v) is 15.6. The molecule has 2 aromatic heterocycles. The van der Waals surface area contributed by atoms with Crippen LogP contribution in [0, 0.1) is 6.92 Å². The fraction of sp³-hybridized carbons (Fsp3) is 0.368. The molecule has 0 N–H and O–H groups in total. The third kappa shape index (κ3) is 2.87. The van der Waals surface area contributed by atoms with Crippen LogP contribution in [0.25, 0.3) is 5.78 Å². The van der Waals surface area contributed by atoms with Gasteiger partial charge in [0.25, 0.3) is 5.78 Å². The highest BCUT2D eigenvalue weighted by Crippen LogP contribution is 2.42. The van der Waals surface area contributed by atoms with Gasteiger partial charge in [-0.2, -0.15) is 10.1 Å². The Bertz CT molecular complexity index is 1020. The molecule has 0 spiro atoms. The lowest BCUT2D eigenvalue weighted by Crippen LogP contribution is -2.21. The zero-order chi connectivity index (χ0) is 19.1. The highest BCUT2D eigenvalue weighted by molar-refractivity contribution is 5.98. The molecule has 140 valence electrons. The second kappa shape index (κ2) is 6.53. The van der Waals surface area contributed by atoms with Gasteiger partial charge in [0.2, 0.25) is 5.75 Å². The summed E-state index contributed by atoms with van der Waals surface area (Å²) in [5.74, 6) is 2.81. The molecule has 3 aromatic rings. The number of methoxy groups -OCH3 is 3. The van der Waals surface area contributed by atoms with Crippen LogP contribution < -0.4 is 14.2 Å². The molecule has 0 unspecified atom stereocenters. The number of hydrogen-bond donors (Lipinski definition) is 0. The maximum absolute atomic E-state index is 12.8. The van der Waals surface area contributed by atoms with Gasteiger partial charge >= 0.3 is 0 Å². The van der Waals surface area contributed by atoms with Crippen LogP contribution in [0.5, 0.6) is 17.2 Å². The molecule has 0 fully saturated rings. The van der Waals surface area contributed by atoms with E-state index in [9.17, 15) is 4.79 Å². The van der Waals surface area contributed by atoms with Crippen LogP contribution in [0.4, 0.5) is 0 Å². The van der Waals surface area contributed by atoms with Gasteiger partial charge in [-0.15, -0.1) is 0 Å². The van der Waals surface area contributed by atoms with Crippen molar-refractivity contribution in [3.05, 3.63) is 41.0 Å². The lowest BCUT2D eigenvalue weighted by Gasteiger charge is -2.24. The van der Waals surface area contributed by atoms with E-state index >= 15 is 0 Å². The van der Waals surface area contributed by atoms with Gasteiger partial charge in [-0.05, 0) is 37.0 Å². The molecule has 0 saturated carbocycles. The van der Waals surface area contributed by atoms with Crippen molar-refractivity contribution in [3.63, 3.8) is 0 Å². The van der Waals surface area contributed by atoms with Crippen LogP contribution >= 0.6 is 0 Å². The molecule has 1 aromatic carbocycles. The van der Waals surface area contributed by atoms with Gasteiger partial charge < -0.3 is 14.2 Å². The number of ether oxygens (including phenoxy) is 3. The Morgan fingerprint density at radius 1 is 1.04 bits per heavy atom. The van der Waals surface area contributed by atoms with E-state index in [0.29, 0.717) is 47.3 Å². The predicted octanol–water partition coefficient (Wildman–Crippen LogP) is 2.37. The number of hydrogen-bond acceptors (Lipinski definition) is 7. The van der Waals surface area contributed by atoms with Crippen LogP contribution in [-0.4, -0.2) is 46.7 Å². The first-order valence-electron chi connectivity index (χ1n) is 8.60. The topological polar surface area (TPSA) is 87.8 Å². The molecular weight excluding hydrogens is 348 g/mol. The molecule has 0 saturated heterocycles. The van der Waals surface area contributed by atoms with Crippen molar-refractivity contribution in [2.24, 2.45) is 0 Å². The van der Waals surface area contributed by atoms with Crippen molar-refractivity contribution in [1.29, 1.82) is 0 Å². The van der Waals surface area contributed by atoms with E-state index < -0.39 is 0 Å². The number of Topliss-reactive ketones (excluding diaryl/α,β-unsaturated/α-hetero) is 1. The summed E-state index contributed by atoms with van der Waals surface area (Å²) in [7, 11) is 4.72. The molecule has 8 nitrogen and oxygen atoms in total. The average Bonchev–Trinajstić information content (AvgIpc) is 3.04. The van der Waals surface area contributed by atoms with Crippen LogP contribution in [0.1, 0.15) is 39.8 Å². The fourth-order valence-corrected chi connectivity index (χ4v) is 3.56. The number of rotatable bonds is 4. The minimum atomic E-state index is -0.0299. The number of aromatic nitrogens is 4. The summed E-state index contributed by atoms with van der Waals surface area (Å²) in [6, 6.07) is 3.79. The second-order valence-electron chi connectivity index (χ2n) is 6.49. The lowest BCUT2D eigenvalue weighted by molar-refractivity contribution is 0.0962. The Labute approximate surface area is 156 Å². The number of fused-ring (bicyclic) bond motifs is 2. The van der Waals surface area contributed by atoms with Crippen LogP contribution in [0.3, 0.4) is 0 Å². The summed E-state index contributed by atoms with van der Waals surface area (Å²) in [6.45, 7) is 1.80. The van der Waals surface area contributed by atoms with Gasteiger partial charge in [0.1, 0.15) is 5.82 Å². The molecule has 1 aliphatic rings. The van der Waals surface area contributed by atoms with E-state index in [2.05, 4.69) is 15.1 Å². The van der Waals surface area contributed by atoms with Crippen molar-refractivity contribution in [1.82, 2.24) is 19.6 Å². The maximum atomic E-state index is 12.8. The largest absolute Gasteiger partial charge is 0.493 e. The minimum absolute atomic E-state index is 0.0299. The molecule has 0 radical (unpaired) electrons. The molecular formula is C19H20N4O4. The molecule has 2 heterocycles. The number of benzene rings is 1. The van der Waals surface area contributed by atoms with Gasteiger partial charge in [-0.25, -0.2) is 9.50 Å². The van der Waals surface area contributed by atoms with Gasteiger partial charge in [-0.3, -0.25) is 4.79 Å². The first-order valence-corrected chi connectivity index (χ1v) is 8.60. The second-order valence-corrected chi connectivity index (χ2v) is 6.49. The normalized spacial score (nSPS) is 16.3. The quantitative estimate of drug-likeness (QED) is 0.698. The Hall–Kier alpha value is -3.16. The standard InChI is InChI=1S/C19H20N4O4/c1-10-20-19-21-14-5-11(6-15(24)13(14)9-23(19)22-10)12-7-16(25-2)18(27-4)17(8-12)26-3/h7-9,11H,5-6H2,1-4H3/t11-/m1/s1. The average molecular weight is 368 g/mol. The first kappa shape index (κ1) is 17.3. The van der Waals surface area contributed by atoms with Crippen molar-refractivity contribution in [3.8, 4) is 17.2 Å². The van der Waals surface area contributed by atoms with E-state index in [1.807, 2.05) is 12.1 Å². The summed E-state index contributed by atoms with van der Waals surface area (Å²) in [5.41, 5.74) is 2.30. The van der Waals surface area contributed by atoms with Crippen molar-refractivity contribution in [2.45, 2.75) is 25.7 Å².